The average molecular weight is 314 g/mol. The summed E-state index contributed by atoms with van der Waals surface area (Å²) in [7, 11) is 3.08. The van der Waals surface area contributed by atoms with Gasteiger partial charge in [-0.2, -0.15) is 0 Å². The molecule has 1 amide bonds. The second-order valence-electron chi connectivity index (χ2n) is 4.48. The van der Waals surface area contributed by atoms with E-state index in [1.54, 1.807) is 37.5 Å². The van der Waals surface area contributed by atoms with Crippen molar-refractivity contribution < 1.29 is 14.3 Å². The Bertz CT molecular complexity index is 703. The van der Waals surface area contributed by atoms with Crippen LogP contribution in [0.1, 0.15) is 10.5 Å². The van der Waals surface area contributed by atoms with E-state index in [4.69, 9.17) is 9.47 Å². The molecule has 0 unspecified atom stereocenters. The Kier molecular flexibility index (Phi) is 5.51. The number of carbonyl (C=O) groups is 1. The zero-order valence-corrected chi connectivity index (χ0v) is 13.0. The SMILES string of the molecule is C=CCNc1cc(C(=O)Nc2ccc(OC)c(OC)c2)ncn1. The van der Waals surface area contributed by atoms with E-state index in [-0.39, 0.29) is 11.6 Å². The van der Waals surface area contributed by atoms with Crippen LogP contribution in [0.25, 0.3) is 0 Å². The van der Waals surface area contributed by atoms with Gasteiger partial charge in [0.1, 0.15) is 17.8 Å². The van der Waals surface area contributed by atoms with Crippen molar-refractivity contribution in [2.75, 3.05) is 31.4 Å². The molecule has 0 spiro atoms. The number of benzene rings is 1. The molecule has 1 aromatic heterocycles. The highest BCUT2D eigenvalue weighted by molar-refractivity contribution is 6.03. The summed E-state index contributed by atoms with van der Waals surface area (Å²) in [4.78, 5) is 20.3. The number of nitrogens with zero attached hydrogens (tertiary/aromatic N) is 2. The molecule has 2 aromatic rings. The molecule has 0 aliphatic carbocycles. The number of nitrogens with one attached hydrogen (secondary N) is 2. The van der Waals surface area contributed by atoms with Crippen LogP contribution in [0.15, 0.2) is 43.2 Å². The van der Waals surface area contributed by atoms with Gasteiger partial charge in [0.15, 0.2) is 11.5 Å². The second-order valence-corrected chi connectivity index (χ2v) is 4.48. The first-order chi connectivity index (χ1) is 11.2. The smallest absolute Gasteiger partial charge is 0.274 e. The van der Waals surface area contributed by atoms with Crippen molar-refractivity contribution in [3.05, 3.63) is 48.9 Å². The Hall–Kier alpha value is -3.09. The van der Waals surface area contributed by atoms with E-state index >= 15 is 0 Å². The minimum atomic E-state index is -0.346. The fourth-order valence-electron chi connectivity index (χ4n) is 1.86. The summed E-state index contributed by atoms with van der Waals surface area (Å²) in [6, 6.07) is 6.68. The number of hydrogen-bond acceptors (Lipinski definition) is 6. The number of amides is 1. The van der Waals surface area contributed by atoms with Crippen LogP contribution < -0.4 is 20.1 Å². The topological polar surface area (TPSA) is 85.4 Å². The van der Waals surface area contributed by atoms with Gasteiger partial charge in [0, 0.05) is 24.4 Å². The zero-order chi connectivity index (χ0) is 16.7. The maximum absolute atomic E-state index is 12.3. The lowest BCUT2D eigenvalue weighted by atomic mass is 10.2. The molecule has 1 aromatic carbocycles. The molecule has 2 rings (SSSR count). The van der Waals surface area contributed by atoms with Crippen LogP contribution in [0, 0.1) is 0 Å². The molecule has 120 valence electrons. The fraction of sp³-hybridized carbons (Fsp3) is 0.188. The standard InChI is InChI=1S/C16H18N4O3/c1-4-7-17-15-9-12(18-10-19-15)16(21)20-11-5-6-13(22-2)14(8-11)23-3/h4-6,8-10H,1,7H2,2-3H3,(H,20,21)(H,17,18,19). The summed E-state index contributed by atoms with van der Waals surface area (Å²) in [6.45, 7) is 4.16. The van der Waals surface area contributed by atoms with E-state index in [2.05, 4.69) is 27.2 Å². The minimum Gasteiger partial charge on any atom is -0.493 e. The van der Waals surface area contributed by atoms with Crippen molar-refractivity contribution in [3.63, 3.8) is 0 Å². The molecule has 7 heteroatoms. The summed E-state index contributed by atoms with van der Waals surface area (Å²) in [5.41, 5.74) is 0.827. The number of anilines is 2. The van der Waals surface area contributed by atoms with Crippen LogP contribution in [0.4, 0.5) is 11.5 Å². The average Bonchev–Trinajstić information content (AvgIpc) is 2.60. The summed E-state index contributed by atoms with van der Waals surface area (Å²) in [5.74, 6) is 1.32. The Morgan fingerprint density at radius 1 is 1.22 bits per heavy atom. The Balaban J connectivity index is 2.14. The van der Waals surface area contributed by atoms with Crippen molar-refractivity contribution in [3.8, 4) is 11.5 Å². The number of methoxy groups -OCH3 is 2. The summed E-state index contributed by atoms with van der Waals surface area (Å²) < 4.78 is 10.4. The summed E-state index contributed by atoms with van der Waals surface area (Å²) >= 11 is 0. The van der Waals surface area contributed by atoms with E-state index in [1.165, 1.54) is 13.4 Å². The van der Waals surface area contributed by atoms with Crippen molar-refractivity contribution in [2.24, 2.45) is 0 Å². The molecule has 7 nitrogen and oxygen atoms in total. The number of carbonyl (C=O) groups excluding carboxylic acids is 1. The predicted octanol–water partition coefficient (Wildman–Crippen LogP) is 2.34. The molecular formula is C16H18N4O3. The first-order valence-corrected chi connectivity index (χ1v) is 6.88. The molecule has 0 radical (unpaired) electrons. The summed E-state index contributed by atoms with van der Waals surface area (Å²) in [6.07, 6.45) is 3.03. The van der Waals surface area contributed by atoms with Gasteiger partial charge in [0.2, 0.25) is 0 Å². The van der Waals surface area contributed by atoms with Crippen molar-refractivity contribution in [1.29, 1.82) is 0 Å². The molecule has 0 fully saturated rings. The highest BCUT2D eigenvalue weighted by atomic mass is 16.5. The van der Waals surface area contributed by atoms with Gasteiger partial charge in [0.05, 0.1) is 14.2 Å². The lowest BCUT2D eigenvalue weighted by molar-refractivity contribution is 0.102. The summed E-state index contributed by atoms with van der Waals surface area (Å²) in [5, 5.41) is 5.76. The number of hydrogen-bond donors (Lipinski definition) is 2. The Labute approximate surface area is 134 Å². The van der Waals surface area contributed by atoms with E-state index in [0.717, 1.165) is 0 Å². The maximum atomic E-state index is 12.3. The largest absolute Gasteiger partial charge is 0.493 e. The third-order valence-electron chi connectivity index (χ3n) is 2.97. The van der Waals surface area contributed by atoms with Gasteiger partial charge in [-0.25, -0.2) is 9.97 Å². The van der Waals surface area contributed by atoms with E-state index < -0.39 is 0 Å². The van der Waals surface area contributed by atoms with Crippen LogP contribution in [0.5, 0.6) is 11.5 Å². The molecule has 1 heterocycles. The second kappa shape index (κ2) is 7.79. The molecule has 0 atom stereocenters. The predicted molar refractivity (Wildman–Crippen MR) is 88.2 cm³/mol. The van der Waals surface area contributed by atoms with Gasteiger partial charge in [-0.15, -0.1) is 6.58 Å². The lowest BCUT2D eigenvalue weighted by Gasteiger charge is -2.10. The molecule has 0 saturated heterocycles. The monoisotopic (exact) mass is 314 g/mol. The molecule has 23 heavy (non-hydrogen) atoms. The molecule has 0 aliphatic rings. The van der Waals surface area contributed by atoms with Crippen LogP contribution in [0.2, 0.25) is 0 Å². The first kappa shape index (κ1) is 16.3. The van der Waals surface area contributed by atoms with Crippen LogP contribution in [-0.2, 0) is 0 Å². The first-order valence-electron chi connectivity index (χ1n) is 6.88. The van der Waals surface area contributed by atoms with Crippen LogP contribution >= 0.6 is 0 Å². The number of aromatic nitrogens is 2. The van der Waals surface area contributed by atoms with Gasteiger partial charge in [-0.05, 0) is 12.1 Å². The molecule has 2 N–H and O–H groups in total. The quantitative estimate of drug-likeness (QED) is 0.763. The molecule has 0 saturated carbocycles. The van der Waals surface area contributed by atoms with E-state index in [9.17, 15) is 4.79 Å². The van der Waals surface area contributed by atoms with E-state index in [0.29, 0.717) is 29.5 Å². The normalized spacial score (nSPS) is 9.83. The number of ether oxygens (including phenoxy) is 2. The third-order valence-corrected chi connectivity index (χ3v) is 2.97. The highest BCUT2D eigenvalue weighted by Crippen LogP contribution is 2.29. The Morgan fingerprint density at radius 2 is 2.00 bits per heavy atom. The van der Waals surface area contributed by atoms with E-state index in [1.807, 2.05) is 0 Å². The third kappa shape index (κ3) is 4.19. The lowest BCUT2D eigenvalue weighted by Crippen LogP contribution is -2.14. The van der Waals surface area contributed by atoms with Crippen molar-refractivity contribution >= 4 is 17.4 Å². The zero-order valence-electron chi connectivity index (χ0n) is 13.0. The van der Waals surface area contributed by atoms with Crippen LogP contribution in [0.3, 0.4) is 0 Å². The molecule has 0 aliphatic heterocycles. The maximum Gasteiger partial charge on any atom is 0.274 e. The van der Waals surface area contributed by atoms with Crippen LogP contribution in [-0.4, -0.2) is 36.6 Å². The van der Waals surface area contributed by atoms with Gasteiger partial charge in [-0.1, -0.05) is 6.08 Å². The van der Waals surface area contributed by atoms with Crippen molar-refractivity contribution in [2.45, 2.75) is 0 Å². The Morgan fingerprint density at radius 3 is 2.70 bits per heavy atom. The molecule has 0 bridgehead atoms. The molecular weight excluding hydrogens is 296 g/mol. The van der Waals surface area contributed by atoms with Gasteiger partial charge in [0.25, 0.3) is 5.91 Å². The van der Waals surface area contributed by atoms with Gasteiger partial charge >= 0.3 is 0 Å². The van der Waals surface area contributed by atoms with Gasteiger partial charge in [-0.3, -0.25) is 4.79 Å². The minimum absolute atomic E-state index is 0.251. The van der Waals surface area contributed by atoms with Crippen molar-refractivity contribution in [1.82, 2.24) is 9.97 Å². The highest BCUT2D eigenvalue weighted by Gasteiger charge is 2.11. The fourth-order valence-corrected chi connectivity index (χ4v) is 1.86. The van der Waals surface area contributed by atoms with Gasteiger partial charge < -0.3 is 20.1 Å². The number of rotatable bonds is 7.